The third-order valence-corrected chi connectivity index (χ3v) is 5.06. The maximum absolute atomic E-state index is 13.5. The molecule has 3 nitrogen and oxygen atoms in total. The third-order valence-electron chi connectivity index (χ3n) is 3.63. The van der Waals surface area contributed by atoms with Crippen LogP contribution >= 0.6 is 0 Å². The maximum Gasteiger partial charge on any atom is 0.243 e. The molecule has 1 N–H and O–H groups in total. The van der Waals surface area contributed by atoms with E-state index in [0.717, 1.165) is 31.7 Å². The molecule has 1 saturated carbocycles. The Hall–Kier alpha value is -0.940. The van der Waals surface area contributed by atoms with Gasteiger partial charge in [0.25, 0.3) is 0 Å². The quantitative estimate of drug-likeness (QED) is 0.915. The number of nitrogens with one attached hydrogen (secondary N) is 1. The van der Waals surface area contributed by atoms with Gasteiger partial charge in [0, 0.05) is 6.54 Å². The number of sulfonamides is 1. The zero-order chi connectivity index (χ0) is 13.2. The van der Waals surface area contributed by atoms with Crippen molar-refractivity contribution in [2.75, 3.05) is 6.54 Å². The summed E-state index contributed by atoms with van der Waals surface area (Å²) in [6, 6.07) is 5.45. The first-order valence-electron chi connectivity index (χ1n) is 6.17. The van der Waals surface area contributed by atoms with E-state index in [1.165, 1.54) is 18.2 Å². The summed E-state index contributed by atoms with van der Waals surface area (Å²) in [5.74, 6) is -0.707. The van der Waals surface area contributed by atoms with Crippen molar-refractivity contribution in [3.63, 3.8) is 0 Å². The third kappa shape index (κ3) is 2.90. The van der Waals surface area contributed by atoms with Crippen molar-refractivity contribution in [3.05, 3.63) is 30.1 Å². The SMILES string of the molecule is CC1(CNS(=O)(=O)c2ccccc2F)CCCC1. The summed E-state index contributed by atoms with van der Waals surface area (Å²) < 4.78 is 40.0. The van der Waals surface area contributed by atoms with Crippen LogP contribution in [0.3, 0.4) is 0 Å². The lowest BCUT2D eigenvalue weighted by molar-refractivity contribution is 0.336. The lowest BCUT2D eigenvalue weighted by Gasteiger charge is -2.23. The fourth-order valence-electron chi connectivity index (χ4n) is 2.41. The van der Waals surface area contributed by atoms with Gasteiger partial charge in [-0.3, -0.25) is 0 Å². The first kappa shape index (κ1) is 13.5. The van der Waals surface area contributed by atoms with E-state index >= 15 is 0 Å². The van der Waals surface area contributed by atoms with Crippen LogP contribution in [-0.4, -0.2) is 15.0 Å². The van der Waals surface area contributed by atoms with Crippen molar-refractivity contribution >= 4 is 10.0 Å². The molecule has 0 amide bonds. The van der Waals surface area contributed by atoms with Crippen LogP contribution in [-0.2, 0) is 10.0 Å². The van der Waals surface area contributed by atoms with Gasteiger partial charge in [0.15, 0.2) is 0 Å². The molecule has 2 rings (SSSR count). The molecule has 0 aliphatic heterocycles. The van der Waals surface area contributed by atoms with Crippen molar-refractivity contribution in [2.45, 2.75) is 37.5 Å². The predicted molar refractivity (Wildman–Crippen MR) is 68.2 cm³/mol. The Morgan fingerprint density at radius 3 is 2.50 bits per heavy atom. The molecule has 0 aromatic heterocycles. The van der Waals surface area contributed by atoms with Crippen LogP contribution in [0.4, 0.5) is 4.39 Å². The molecule has 1 aromatic rings. The van der Waals surface area contributed by atoms with Crippen LogP contribution in [0.2, 0.25) is 0 Å². The average molecular weight is 271 g/mol. The van der Waals surface area contributed by atoms with Gasteiger partial charge in [0.1, 0.15) is 10.7 Å². The Balaban J connectivity index is 2.11. The molecule has 1 aliphatic rings. The van der Waals surface area contributed by atoms with Crippen molar-refractivity contribution in [2.24, 2.45) is 5.41 Å². The van der Waals surface area contributed by atoms with Crippen molar-refractivity contribution < 1.29 is 12.8 Å². The molecule has 0 atom stereocenters. The molecule has 0 radical (unpaired) electrons. The Kier molecular flexibility index (Phi) is 3.73. The summed E-state index contributed by atoms with van der Waals surface area (Å²) >= 11 is 0. The van der Waals surface area contributed by atoms with Gasteiger partial charge < -0.3 is 0 Å². The average Bonchev–Trinajstić information content (AvgIpc) is 2.75. The number of halogens is 1. The predicted octanol–water partition coefficient (Wildman–Crippen LogP) is 2.68. The number of benzene rings is 1. The summed E-state index contributed by atoms with van der Waals surface area (Å²) in [7, 11) is -3.74. The Morgan fingerprint density at radius 2 is 1.89 bits per heavy atom. The second-order valence-electron chi connectivity index (χ2n) is 5.27. The highest BCUT2D eigenvalue weighted by molar-refractivity contribution is 7.89. The smallest absolute Gasteiger partial charge is 0.211 e. The fourth-order valence-corrected chi connectivity index (χ4v) is 3.69. The summed E-state index contributed by atoms with van der Waals surface area (Å²) in [6.45, 7) is 2.45. The Bertz CT molecular complexity index is 522. The molecule has 1 aliphatic carbocycles. The van der Waals surface area contributed by atoms with E-state index in [1.54, 1.807) is 0 Å². The molecule has 5 heteroatoms. The number of rotatable bonds is 4. The van der Waals surface area contributed by atoms with Gasteiger partial charge in [-0.2, -0.15) is 0 Å². The second kappa shape index (κ2) is 4.97. The highest BCUT2D eigenvalue weighted by atomic mass is 32.2. The minimum atomic E-state index is -3.74. The highest BCUT2D eigenvalue weighted by Crippen LogP contribution is 2.37. The van der Waals surface area contributed by atoms with E-state index in [-0.39, 0.29) is 10.3 Å². The molecule has 0 heterocycles. The van der Waals surface area contributed by atoms with Crippen LogP contribution in [0.25, 0.3) is 0 Å². The number of hydrogen-bond acceptors (Lipinski definition) is 2. The topological polar surface area (TPSA) is 46.2 Å². The van der Waals surface area contributed by atoms with Gasteiger partial charge in [0.05, 0.1) is 0 Å². The number of hydrogen-bond donors (Lipinski definition) is 1. The van der Waals surface area contributed by atoms with Gasteiger partial charge in [-0.15, -0.1) is 0 Å². The van der Waals surface area contributed by atoms with Crippen LogP contribution in [0, 0.1) is 11.2 Å². The standard InChI is InChI=1S/C13H18FNO2S/c1-13(8-4-5-9-13)10-15-18(16,17)12-7-3-2-6-11(12)14/h2-3,6-7,15H,4-5,8-10H2,1H3. The van der Waals surface area contributed by atoms with Crippen molar-refractivity contribution in [1.82, 2.24) is 4.72 Å². The first-order valence-corrected chi connectivity index (χ1v) is 7.66. The Labute approximate surface area is 107 Å². The fraction of sp³-hybridized carbons (Fsp3) is 0.538. The van der Waals surface area contributed by atoms with E-state index in [0.29, 0.717) is 6.54 Å². The summed E-state index contributed by atoms with van der Waals surface area (Å²) in [6.07, 6.45) is 4.31. The van der Waals surface area contributed by atoms with Gasteiger partial charge in [-0.1, -0.05) is 31.9 Å². The minimum absolute atomic E-state index is 0.0122. The van der Waals surface area contributed by atoms with E-state index in [9.17, 15) is 12.8 Å². The molecule has 0 bridgehead atoms. The van der Waals surface area contributed by atoms with Crippen LogP contribution in [0.5, 0.6) is 0 Å². The van der Waals surface area contributed by atoms with Gasteiger partial charge in [-0.05, 0) is 30.4 Å². The largest absolute Gasteiger partial charge is 0.243 e. The summed E-state index contributed by atoms with van der Waals surface area (Å²) in [5.41, 5.74) is 0.0122. The van der Waals surface area contributed by atoms with E-state index < -0.39 is 15.8 Å². The molecular weight excluding hydrogens is 253 g/mol. The first-order chi connectivity index (χ1) is 8.43. The van der Waals surface area contributed by atoms with E-state index in [1.807, 2.05) is 0 Å². The molecular formula is C13H18FNO2S. The maximum atomic E-state index is 13.5. The second-order valence-corrected chi connectivity index (χ2v) is 7.01. The zero-order valence-corrected chi connectivity index (χ0v) is 11.3. The van der Waals surface area contributed by atoms with Crippen molar-refractivity contribution in [3.8, 4) is 0 Å². The van der Waals surface area contributed by atoms with Gasteiger partial charge >= 0.3 is 0 Å². The lowest BCUT2D eigenvalue weighted by atomic mass is 9.89. The Morgan fingerprint density at radius 1 is 1.28 bits per heavy atom. The zero-order valence-electron chi connectivity index (χ0n) is 10.4. The van der Waals surface area contributed by atoms with Crippen LogP contribution in [0.15, 0.2) is 29.2 Å². The normalized spacial score (nSPS) is 19.0. The van der Waals surface area contributed by atoms with Crippen LogP contribution < -0.4 is 4.72 Å². The van der Waals surface area contributed by atoms with Crippen molar-refractivity contribution in [1.29, 1.82) is 0 Å². The van der Waals surface area contributed by atoms with Gasteiger partial charge in [0.2, 0.25) is 10.0 Å². The molecule has 1 fully saturated rings. The monoisotopic (exact) mass is 271 g/mol. The lowest BCUT2D eigenvalue weighted by Crippen LogP contribution is -2.34. The van der Waals surface area contributed by atoms with Gasteiger partial charge in [-0.25, -0.2) is 17.5 Å². The molecule has 0 unspecified atom stereocenters. The highest BCUT2D eigenvalue weighted by Gasteiger charge is 2.30. The molecule has 1 aromatic carbocycles. The molecule has 0 saturated heterocycles. The molecule has 100 valence electrons. The van der Waals surface area contributed by atoms with E-state index in [2.05, 4.69) is 11.6 Å². The summed E-state index contributed by atoms with van der Waals surface area (Å²) in [5, 5.41) is 0. The van der Waals surface area contributed by atoms with E-state index in [4.69, 9.17) is 0 Å². The molecule has 18 heavy (non-hydrogen) atoms. The minimum Gasteiger partial charge on any atom is -0.211 e. The van der Waals surface area contributed by atoms with Crippen LogP contribution in [0.1, 0.15) is 32.6 Å². The molecule has 0 spiro atoms. The summed E-state index contributed by atoms with van der Waals surface area (Å²) in [4.78, 5) is -0.272.